The van der Waals surface area contributed by atoms with Crippen molar-refractivity contribution in [3.8, 4) is 5.75 Å². The van der Waals surface area contributed by atoms with Crippen molar-refractivity contribution in [3.63, 3.8) is 0 Å². The van der Waals surface area contributed by atoms with Crippen LogP contribution in [-0.2, 0) is 0 Å². The summed E-state index contributed by atoms with van der Waals surface area (Å²) in [5, 5.41) is 3.17. The van der Waals surface area contributed by atoms with Crippen LogP contribution in [0.4, 0.5) is 5.82 Å². The zero-order chi connectivity index (χ0) is 12.9. The number of nitrogens with one attached hydrogen (secondary N) is 1. The molecule has 0 aliphatic carbocycles. The molecule has 0 bridgehead atoms. The number of rotatable bonds is 6. The van der Waals surface area contributed by atoms with Crippen molar-refractivity contribution >= 4 is 5.82 Å². The summed E-state index contributed by atoms with van der Waals surface area (Å²) >= 11 is 0. The van der Waals surface area contributed by atoms with Crippen molar-refractivity contribution in [2.24, 2.45) is 0 Å². The van der Waals surface area contributed by atoms with E-state index in [9.17, 15) is 0 Å². The van der Waals surface area contributed by atoms with Crippen LogP contribution in [0.2, 0.25) is 0 Å². The molecule has 1 aromatic rings. The standard InChI is InChI=1S/C13H23N3O/c1-6-14-12-9-11(7-8-15-12)17-10-13(2,3)16(4)5/h7-9H,6,10H2,1-5H3,(H,14,15). The van der Waals surface area contributed by atoms with Gasteiger partial charge in [-0.05, 0) is 40.9 Å². The van der Waals surface area contributed by atoms with E-state index in [2.05, 4.69) is 43.1 Å². The van der Waals surface area contributed by atoms with Gasteiger partial charge in [0.2, 0.25) is 0 Å². The van der Waals surface area contributed by atoms with E-state index in [0.717, 1.165) is 18.1 Å². The number of anilines is 1. The Morgan fingerprint density at radius 2 is 2.12 bits per heavy atom. The zero-order valence-electron chi connectivity index (χ0n) is 11.4. The Morgan fingerprint density at radius 3 is 2.71 bits per heavy atom. The third kappa shape index (κ3) is 4.23. The number of ether oxygens (including phenoxy) is 1. The number of pyridine rings is 1. The first-order chi connectivity index (χ1) is 7.95. The van der Waals surface area contributed by atoms with Gasteiger partial charge in [-0.15, -0.1) is 0 Å². The van der Waals surface area contributed by atoms with Crippen LogP contribution >= 0.6 is 0 Å². The van der Waals surface area contributed by atoms with Crippen LogP contribution in [0.3, 0.4) is 0 Å². The van der Waals surface area contributed by atoms with E-state index in [4.69, 9.17) is 4.74 Å². The average molecular weight is 237 g/mol. The summed E-state index contributed by atoms with van der Waals surface area (Å²) in [4.78, 5) is 6.36. The first kappa shape index (κ1) is 13.8. The van der Waals surface area contributed by atoms with Crippen LogP contribution in [0.25, 0.3) is 0 Å². The summed E-state index contributed by atoms with van der Waals surface area (Å²) < 4.78 is 5.80. The van der Waals surface area contributed by atoms with Gasteiger partial charge in [0.1, 0.15) is 18.2 Å². The lowest BCUT2D eigenvalue weighted by molar-refractivity contribution is 0.114. The lowest BCUT2D eigenvalue weighted by atomic mass is 10.1. The maximum atomic E-state index is 5.80. The van der Waals surface area contributed by atoms with Crippen molar-refractivity contribution in [1.82, 2.24) is 9.88 Å². The topological polar surface area (TPSA) is 37.4 Å². The van der Waals surface area contributed by atoms with Crippen LogP contribution in [0.1, 0.15) is 20.8 Å². The Morgan fingerprint density at radius 1 is 1.41 bits per heavy atom. The molecular weight excluding hydrogens is 214 g/mol. The molecule has 0 saturated carbocycles. The lowest BCUT2D eigenvalue weighted by Gasteiger charge is -2.32. The van der Waals surface area contributed by atoms with Crippen LogP contribution in [0, 0.1) is 0 Å². The summed E-state index contributed by atoms with van der Waals surface area (Å²) in [5.41, 5.74) is 0.0155. The molecular formula is C13H23N3O. The summed E-state index contributed by atoms with van der Waals surface area (Å²) in [5.74, 6) is 1.71. The van der Waals surface area contributed by atoms with Crippen LogP contribution in [-0.4, -0.2) is 42.7 Å². The van der Waals surface area contributed by atoms with E-state index in [-0.39, 0.29) is 5.54 Å². The average Bonchev–Trinajstić information content (AvgIpc) is 2.27. The Balaban J connectivity index is 2.60. The highest BCUT2D eigenvalue weighted by Crippen LogP contribution is 2.17. The van der Waals surface area contributed by atoms with Crippen LogP contribution in [0.15, 0.2) is 18.3 Å². The lowest BCUT2D eigenvalue weighted by Crippen LogP contribution is -2.43. The number of nitrogens with zero attached hydrogens (tertiary/aromatic N) is 2. The molecule has 0 fully saturated rings. The molecule has 0 aliphatic heterocycles. The molecule has 0 atom stereocenters. The van der Waals surface area contributed by atoms with Crippen molar-refractivity contribution < 1.29 is 4.74 Å². The highest BCUT2D eigenvalue weighted by molar-refractivity contribution is 5.40. The maximum absolute atomic E-state index is 5.80. The summed E-state index contributed by atoms with van der Waals surface area (Å²) in [6.45, 7) is 7.86. The fourth-order valence-corrected chi connectivity index (χ4v) is 1.17. The van der Waals surface area contributed by atoms with E-state index in [1.807, 2.05) is 19.1 Å². The third-order valence-electron chi connectivity index (χ3n) is 2.89. The van der Waals surface area contributed by atoms with Gasteiger partial charge >= 0.3 is 0 Å². The Labute approximate surface area is 104 Å². The van der Waals surface area contributed by atoms with Gasteiger partial charge < -0.3 is 15.0 Å². The molecule has 1 heterocycles. The molecule has 96 valence electrons. The minimum atomic E-state index is 0.0155. The molecule has 0 unspecified atom stereocenters. The molecule has 0 amide bonds. The number of hydrogen-bond acceptors (Lipinski definition) is 4. The number of hydrogen-bond donors (Lipinski definition) is 1. The second-order valence-electron chi connectivity index (χ2n) is 4.90. The van der Waals surface area contributed by atoms with Gasteiger partial charge in [0, 0.05) is 24.3 Å². The fraction of sp³-hybridized carbons (Fsp3) is 0.615. The van der Waals surface area contributed by atoms with Gasteiger partial charge in [-0.1, -0.05) is 0 Å². The Kier molecular flexibility index (Phi) is 4.75. The molecule has 0 radical (unpaired) electrons. The molecule has 0 aliphatic rings. The van der Waals surface area contributed by atoms with Gasteiger partial charge in [0.05, 0.1) is 0 Å². The normalized spacial score (nSPS) is 11.6. The zero-order valence-corrected chi connectivity index (χ0v) is 11.4. The molecule has 17 heavy (non-hydrogen) atoms. The molecule has 4 heteroatoms. The highest BCUT2D eigenvalue weighted by atomic mass is 16.5. The predicted octanol–water partition coefficient (Wildman–Crippen LogP) is 2.23. The Bertz CT molecular complexity index is 350. The maximum Gasteiger partial charge on any atom is 0.129 e. The summed E-state index contributed by atoms with van der Waals surface area (Å²) in [6.07, 6.45) is 1.76. The molecule has 1 aromatic heterocycles. The second kappa shape index (κ2) is 5.87. The highest BCUT2D eigenvalue weighted by Gasteiger charge is 2.21. The molecule has 4 nitrogen and oxygen atoms in total. The fourth-order valence-electron chi connectivity index (χ4n) is 1.17. The molecule has 1 rings (SSSR count). The first-order valence-electron chi connectivity index (χ1n) is 5.96. The van der Waals surface area contributed by atoms with E-state index < -0.39 is 0 Å². The monoisotopic (exact) mass is 237 g/mol. The van der Waals surface area contributed by atoms with Crippen molar-refractivity contribution in [1.29, 1.82) is 0 Å². The quantitative estimate of drug-likeness (QED) is 0.823. The first-order valence-corrected chi connectivity index (χ1v) is 5.96. The van der Waals surface area contributed by atoms with E-state index >= 15 is 0 Å². The second-order valence-corrected chi connectivity index (χ2v) is 4.90. The van der Waals surface area contributed by atoms with Crippen LogP contribution < -0.4 is 10.1 Å². The SMILES string of the molecule is CCNc1cc(OCC(C)(C)N(C)C)ccn1. The largest absolute Gasteiger partial charge is 0.491 e. The van der Waals surface area contributed by atoms with E-state index in [1.165, 1.54) is 0 Å². The predicted molar refractivity (Wildman–Crippen MR) is 71.7 cm³/mol. The van der Waals surface area contributed by atoms with Gasteiger partial charge in [-0.25, -0.2) is 4.98 Å². The molecule has 0 saturated heterocycles. The van der Waals surface area contributed by atoms with Crippen molar-refractivity contribution in [3.05, 3.63) is 18.3 Å². The third-order valence-corrected chi connectivity index (χ3v) is 2.89. The molecule has 1 N–H and O–H groups in total. The van der Waals surface area contributed by atoms with E-state index in [0.29, 0.717) is 6.61 Å². The van der Waals surface area contributed by atoms with Crippen molar-refractivity contribution in [2.75, 3.05) is 32.6 Å². The molecule has 0 aromatic carbocycles. The summed E-state index contributed by atoms with van der Waals surface area (Å²) in [7, 11) is 4.11. The minimum Gasteiger partial charge on any atom is -0.491 e. The van der Waals surface area contributed by atoms with E-state index in [1.54, 1.807) is 6.20 Å². The van der Waals surface area contributed by atoms with Gasteiger partial charge in [0.25, 0.3) is 0 Å². The van der Waals surface area contributed by atoms with Gasteiger partial charge in [-0.3, -0.25) is 0 Å². The smallest absolute Gasteiger partial charge is 0.129 e. The Hall–Kier alpha value is -1.29. The van der Waals surface area contributed by atoms with Gasteiger partial charge in [-0.2, -0.15) is 0 Å². The number of aromatic nitrogens is 1. The minimum absolute atomic E-state index is 0.0155. The number of likely N-dealkylation sites (N-methyl/N-ethyl adjacent to an activating group) is 1. The molecule has 0 spiro atoms. The van der Waals surface area contributed by atoms with Gasteiger partial charge in [0.15, 0.2) is 0 Å². The van der Waals surface area contributed by atoms with Crippen LogP contribution in [0.5, 0.6) is 5.75 Å². The summed E-state index contributed by atoms with van der Waals surface area (Å²) in [6, 6.07) is 3.81. The van der Waals surface area contributed by atoms with Crippen molar-refractivity contribution in [2.45, 2.75) is 26.3 Å².